The van der Waals surface area contributed by atoms with Gasteiger partial charge in [0.1, 0.15) is 11.7 Å². The first-order valence-corrected chi connectivity index (χ1v) is 13.7. The molecule has 0 unspecified atom stereocenters. The zero-order valence-corrected chi connectivity index (χ0v) is 23.7. The van der Waals surface area contributed by atoms with Crippen LogP contribution in [0.1, 0.15) is 43.4 Å². The van der Waals surface area contributed by atoms with Crippen molar-refractivity contribution in [3.05, 3.63) is 46.1 Å². The van der Waals surface area contributed by atoms with Gasteiger partial charge in [0.2, 0.25) is 5.91 Å². The Morgan fingerprint density at radius 2 is 1.84 bits per heavy atom. The summed E-state index contributed by atoms with van der Waals surface area (Å²) in [6.07, 6.45) is -1.43. The first-order valence-electron chi connectivity index (χ1n) is 13.7. The molecule has 5 rings (SSSR count). The molecule has 0 saturated carbocycles. The maximum atomic E-state index is 15.5. The zero-order valence-electron chi connectivity index (χ0n) is 23.7. The molecule has 3 aromatic rings. The van der Waals surface area contributed by atoms with Crippen LogP contribution in [0.25, 0.3) is 11.0 Å². The summed E-state index contributed by atoms with van der Waals surface area (Å²) in [7, 11) is 2.21. The van der Waals surface area contributed by atoms with Gasteiger partial charge in [0.25, 0.3) is 11.5 Å². The molecule has 2 aliphatic heterocycles. The van der Waals surface area contributed by atoms with Crippen molar-refractivity contribution in [2.75, 3.05) is 43.4 Å². The number of rotatable bonds is 4. The van der Waals surface area contributed by atoms with Crippen LogP contribution in [0.5, 0.6) is 0 Å². The van der Waals surface area contributed by atoms with E-state index in [9.17, 15) is 27.6 Å². The lowest BCUT2D eigenvalue weighted by Gasteiger charge is -2.42. The average Bonchev–Trinajstić information content (AvgIpc) is 3.37. The second kappa shape index (κ2) is 11.1. The van der Waals surface area contributed by atoms with Crippen molar-refractivity contribution in [2.45, 2.75) is 50.2 Å². The highest BCUT2D eigenvalue weighted by Gasteiger charge is 2.48. The molecule has 0 bridgehead atoms. The number of halogens is 5. The fourth-order valence-electron chi connectivity index (χ4n) is 5.80. The predicted molar refractivity (Wildman–Crippen MR) is 147 cm³/mol. The molecule has 0 spiro atoms. The molecule has 0 aliphatic carbocycles. The molecule has 43 heavy (non-hydrogen) atoms. The minimum Gasteiger partial charge on any atom is -0.364 e. The quantitative estimate of drug-likeness (QED) is 0.434. The Labute approximate surface area is 242 Å². The van der Waals surface area contributed by atoms with E-state index in [-0.39, 0.29) is 24.8 Å². The van der Waals surface area contributed by atoms with Gasteiger partial charge in [-0.05, 0) is 31.4 Å². The van der Waals surface area contributed by atoms with E-state index in [2.05, 4.69) is 20.5 Å². The van der Waals surface area contributed by atoms with E-state index in [1.54, 1.807) is 11.0 Å². The summed E-state index contributed by atoms with van der Waals surface area (Å²) in [5.74, 6) is -3.29. The minimum atomic E-state index is -4.78. The normalized spacial score (nSPS) is 19.5. The summed E-state index contributed by atoms with van der Waals surface area (Å²) in [6.45, 7) is 2.15. The van der Waals surface area contributed by atoms with Gasteiger partial charge in [-0.15, -0.1) is 0 Å². The van der Waals surface area contributed by atoms with E-state index < -0.39 is 47.5 Å². The number of hydrogen-bond acceptors (Lipinski definition) is 6. The number of carbonyl (C=O) groups excluding carboxylic acids is 2. The van der Waals surface area contributed by atoms with Crippen LogP contribution in [0, 0.1) is 0 Å². The Morgan fingerprint density at radius 1 is 1.14 bits per heavy atom. The van der Waals surface area contributed by atoms with E-state index in [1.165, 1.54) is 18.0 Å². The molecule has 3 amide bonds. The van der Waals surface area contributed by atoms with Gasteiger partial charge in [-0.3, -0.25) is 14.7 Å². The number of nitrogens with zero attached hydrogens (tertiary/aromatic N) is 6. The van der Waals surface area contributed by atoms with Crippen molar-refractivity contribution in [2.24, 2.45) is 7.05 Å². The standard InChI is InChI=1S/C27H31F5N8O3/c1-15(41)39-7-4-16(5-8-39)22-19-11-18(12-33-23(19)36-35-22)40-9-6-21(26(28,29)14-40)38(3)25(43)34-20-10-17(27(30,31)32)13-37(2)24(20)42/h10-13,16,21H,4-9,14H2,1-3H3,(H,34,43)(H,33,35,36)/t21-/m1/s1. The molecule has 2 fully saturated rings. The number of fused-ring (bicyclic) bond motifs is 1. The molecular formula is C27H31F5N8O3. The van der Waals surface area contributed by atoms with E-state index in [1.807, 2.05) is 0 Å². The van der Waals surface area contributed by atoms with Crippen LogP contribution >= 0.6 is 0 Å². The van der Waals surface area contributed by atoms with Crippen LogP contribution < -0.4 is 15.8 Å². The summed E-state index contributed by atoms with van der Waals surface area (Å²) in [5.41, 5.74) is -1.01. The number of amides is 3. The number of H-pyrrole nitrogens is 1. The molecule has 232 valence electrons. The fraction of sp³-hybridized carbons (Fsp3) is 0.519. The third-order valence-corrected chi connectivity index (χ3v) is 8.24. The number of carbonyl (C=O) groups is 2. The lowest BCUT2D eigenvalue weighted by Crippen LogP contribution is -2.59. The number of likely N-dealkylation sites (tertiary alicyclic amines) is 1. The van der Waals surface area contributed by atoms with E-state index in [4.69, 9.17) is 0 Å². The van der Waals surface area contributed by atoms with Gasteiger partial charge >= 0.3 is 12.2 Å². The first kappa shape index (κ1) is 30.2. The summed E-state index contributed by atoms with van der Waals surface area (Å²) in [4.78, 5) is 45.2. The van der Waals surface area contributed by atoms with Crippen LogP contribution in [-0.4, -0.2) is 86.7 Å². The number of anilines is 2. The highest BCUT2D eigenvalue weighted by atomic mass is 19.4. The number of piperidine rings is 2. The SMILES string of the molecule is CC(=O)N1CCC(c2[nH]nc3ncc(N4CC[C@@H](N(C)C(=O)Nc5cc(C(F)(F)F)cn(C)c5=O)C(F)(F)C4)cc23)CC1. The number of nitrogens with one attached hydrogen (secondary N) is 2. The average molecular weight is 611 g/mol. The number of hydrogen-bond donors (Lipinski definition) is 2. The van der Waals surface area contributed by atoms with E-state index in [0.29, 0.717) is 46.6 Å². The van der Waals surface area contributed by atoms with Crippen molar-refractivity contribution in [3.63, 3.8) is 0 Å². The molecule has 3 aromatic heterocycles. The van der Waals surface area contributed by atoms with Crippen LogP contribution in [0.2, 0.25) is 0 Å². The smallest absolute Gasteiger partial charge is 0.364 e. The summed E-state index contributed by atoms with van der Waals surface area (Å²) in [5, 5.41) is 10.1. The van der Waals surface area contributed by atoms with Crippen LogP contribution in [0.3, 0.4) is 0 Å². The number of aromatic nitrogens is 4. The lowest BCUT2D eigenvalue weighted by molar-refractivity contribution is -0.138. The van der Waals surface area contributed by atoms with Crippen LogP contribution in [-0.2, 0) is 18.0 Å². The number of aromatic amines is 1. The van der Waals surface area contributed by atoms with Crippen LogP contribution in [0.15, 0.2) is 29.3 Å². The Bertz CT molecular complexity index is 1600. The van der Waals surface area contributed by atoms with Gasteiger partial charge < -0.3 is 24.6 Å². The largest absolute Gasteiger partial charge is 0.417 e. The zero-order chi connectivity index (χ0) is 31.3. The van der Waals surface area contributed by atoms with Gasteiger partial charge in [-0.1, -0.05) is 0 Å². The third kappa shape index (κ3) is 5.99. The molecular weight excluding hydrogens is 579 g/mol. The highest BCUT2D eigenvalue weighted by Crippen LogP contribution is 2.36. The summed E-state index contributed by atoms with van der Waals surface area (Å²) >= 11 is 0. The Hall–Kier alpha value is -4.24. The molecule has 5 heterocycles. The van der Waals surface area contributed by atoms with Crippen molar-refractivity contribution < 1.29 is 31.5 Å². The highest BCUT2D eigenvalue weighted by molar-refractivity contribution is 5.89. The molecule has 0 radical (unpaired) electrons. The van der Waals surface area contributed by atoms with Crippen LogP contribution in [0.4, 0.5) is 38.1 Å². The monoisotopic (exact) mass is 610 g/mol. The molecule has 1 atom stereocenters. The maximum Gasteiger partial charge on any atom is 0.417 e. The van der Waals surface area contributed by atoms with Crippen molar-refractivity contribution >= 4 is 34.3 Å². The molecule has 0 aromatic carbocycles. The predicted octanol–water partition coefficient (Wildman–Crippen LogP) is 3.78. The lowest BCUT2D eigenvalue weighted by atomic mass is 9.92. The molecule has 2 N–H and O–H groups in total. The Kier molecular flexibility index (Phi) is 7.81. The van der Waals surface area contributed by atoms with Gasteiger partial charge in [0, 0.05) is 63.8 Å². The molecule has 16 heteroatoms. The van der Waals surface area contributed by atoms with Gasteiger partial charge in [-0.25, -0.2) is 18.6 Å². The van der Waals surface area contributed by atoms with Crippen molar-refractivity contribution in [1.29, 1.82) is 0 Å². The van der Waals surface area contributed by atoms with Gasteiger partial charge in [-0.2, -0.15) is 18.3 Å². The van der Waals surface area contributed by atoms with E-state index in [0.717, 1.165) is 37.5 Å². The fourth-order valence-corrected chi connectivity index (χ4v) is 5.80. The minimum absolute atomic E-state index is 0.0178. The number of alkyl halides is 5. The summed E-state index contributed by atoms with van der Waals surface area (Å²) in [6, 6.07) is -0.466. The van der Waals surface area contributed by atoms with Crippen molar-refractivity contribution in [1.82, 2.24) is 29.5 Å². The third-order valence-electron chi connectivity index (χ3n) is 8.24. The Morgan fingerprint density at radius 3 is 2.47 bits per heavy atom. The topological polar surface area (TPSA) is 119 Å². The maximum absolute atomic E-state index is 15.5. The Balaban J connectivity index is 1.29. The van der Waals surface area contributed by atoms with E-state index >= 15 is 8.78 Å². The summed E-state index contributed by atoms with van der Waals surface area (Å²) < 4.78 is 71.3. The second-order valence-corrected chi connectivity index (χ2v) is 11.1. The molecule has 11 nitrogen and oxygen atoms in total. The van der Waals surface area contributed by atoms with Gasteiger partial charge in [0.15, 0.2) is 5.65 Å². The first-order chi connectivity index (χ1) is 20.2. The van der Waals surface area contributed by atoms with Crippen molar-refractivity contribution in [3.8, 4) is 0 Å². The second-order valence-electron chi connectivity index (χ2n) is 11.1. The van der Waals surface area contributed by atoms with Gasteiger partial charge in [0.05, 0.1) is 24.0 Å². The molecule has 2 saturated heterocycles. The number of urea groups is 1. The number of aryl methyl sites for hydroxylation is 1. The molecule has 2 aliphatic rings. The number of pyridine rings is 2.